The van der Waals surface area contributed by atoms with Gasteiger partial charge in [0.05, 0.1) is 0 Å². The Morgan fingerprint density at radius 2 is 2.33 bits per heavy atom. The van der Waals surface area contributed by atoms with E-state index in [-0.39, 0.29) is 6.21 Å². The third kappa shape index (κ3) is 2.94. The Balaban J connectivity index is 3.30. The van der Waals surface area contributed by atoms with Gasteiger partial charge in [0, 0.05) is 0 Å². The summed E-state index contributed by atoms with van der Waals surface area (Å²) in [4.78, 5) is 9.18. The van der Waals surface area contributed by atoms with E-state index in [2.05, 4.69) is 5.16 Å². The van der Waals surface area contributed by atoms with Crippen LogP contribution in [-0.2, 0) is 9.90 Å². The van der Waals surface area contributed by atoms with E-state index in [4.69, 9.17) is 5.21 Å². The second-order valence-electron chi connectivity index (χ2n) is 0.564. The first-order valence-electron chi connectivity index (χ1n) is 1.16. The Labute approximate surface area is 33.7 Å². The standard InChI is InChI=1S/C2H2NO3/c4-2(5)1-3-6/h1,6H. The summed E-state index contributed by atoms with van der Waals surface area (Å²) < 4.78 is 0. The molecule has 6 heavy (non-hydrogen) atoms. The second-order valence-corrected chi connectivity index (χ2v) is 0.564. The number of hydrogen-bond donors (Lipinski definition) is 1. The Hall–Kier alpha value is -1.06. The first-order valence-corrected chi connectivity index (χ1v) is 1.16. The van der Waals surface area contributed by atoms with Crippen molar-refractivity contribution in [3.63, 3.8) is 0 Å². The zero-order valence-electron chi connectivity index (χ0n) is 2.79. The fourth-order valence-electron chi connectivity index (χ4n) is 0.0471. The van der Waals surface area contributed by atoms with Crippen LogP contribution in [0.2, 0.25) is 0 Å². The average molecular weight is 88.0 g/mol. The lowest BCUT2D eigenvalue weighted by molar-refractivity contribution is -0.134. The number of nitrogens with zero attached hydrogens (tertiary/aromatic N) is 1. The minimum atomic E-state index is -1.50. The molecule has 1 N–H and O–H groups in total. The molecule has 0 aromatic heterocycles. The van der Waals surface area contributed by atoms with Crippen LogP contribution in [0.25, 0.3) is 0 Å². The van der Waals surface area contributed by atoms with Crippen molar-refractivity contribution in [1.82, 2.24) is 0 Å². The predicted octanol–water partition coefficient (Wildman–Crippen LogP) is -0.597. The van der Waals surface area contributed by atoms with E-state index in [1.807, 2.05) is 0 Å². The van der Waals surface area contributed by atoms with Crippen LogP contribution in [-0.4, -0.2) is 17.4 Å². The Morgan fingerprint density at radius 1 is 1.83 bits per heavy atom. The zero-order valence-corrected chi connectivity index (χ0v) is 2.79. The monoisotopic (exact) mass is 88.0 g/mol. The number of hydrogen-bond acceptors (Lipinski definition) is 3. The largest absolute Gasteiger partial charge is 0.411 e. The Bertz CT molecular complexity index is 76.9. The highest BCUT2D eigenvalue weighted by Crippen LogP contribution is 1.51. The number of carbonyl (C=O) groups excluding carboxylic acids is 1. The summed E-state index contributed by atoms with van der Waals surface area (Å²) >= 11 is 0. The third-order valence-electron chi connectivity index (χ3n) is 0.163. The van der Waals surface area contributed by atoms with Crippen molar-refractivity contribution < 1.29 is 15.1 Å². The van der Waals surface area contributed by atoms with Gasteiger partial charge in [-0.1, -0.05) is 5.16 Å². The average Bonchev–Trinajstić information content (AvgIpc) is 1.35. The molecule has 0 amide bonds. The van der Waals surface area contributed by atoms with Crippen LogP contribution in [0.15, 0.2) is 5.16 Å². The highest BCUT2D eigenvalue weighted by molar-refractivity contribution is 6.21. The number of rotatable bonds is 1. The van der Waals surface area contributed by atoms with Gasteiger partial charge in [0.15, 0.2) is 6.21 Å². The van der Waals surface area contributed by atoms with Gasteiger partial charge in [0.25, 0.3) is 0 Å². The minimum absolute atomic E-state index is 0.278. The van der Waals surface area contributed by atoms with E-state index in [0.29, 0.717) is 0 Å². The van der Waals surface area contributed by atoms with Gasteiger partial charge in [-0.3, -0.25) is 0 Å². The maximum Gasteiger partial charge on any atom is 0.400 e. The molecule has 0 aromatic rings. The van der Waals surface area contributed by atoms with Gasteiger partial charge in [0.2, 0.25) is 0 Å². The smallest absolute Gasteiger partial charge is 0.400 e. The summed E-state index contributed by atoms with van der Waals surface area (Å²) in [6.45, 7) is 0. The predicted molar refractivity (Wildman–Crippen MR) is 16.0 cm³/mol. The Morgan fingerprint density at radius 3 is 2.33 bits per heavy atom. The minimum Gasteiger partial charge on any atom is -0.411 e. The van der Waals surface area contributed by atoms with Gasteiger partial charge < -0.3 is 5.21 Å². The molecule has 0 aliphatic carbocycles. The normalized spacial score (nSPS) is 9.33. The number of carbonyl (C=O) groups is 1. The third-order valence-corrected chi connectivity index (χ3v) is 0.163. The van der Waals surface area contributed by atoms with Crippen LogP contribution in [0.4, 0.5) is 0 Å². The molecule has 0 aliphatic heterocycles. The van der Waals surface area contributed by atoms with Crippen molar-refractivity contribution >= 4 is 12.2 Å². The van der Waals surface area contributed by atoms with Crippen LogP contribution < -0.4 is 0 Å². The summed E-state index contributed by atoms with van der Waals surface area (Å²) in [5.74, 6) is -1.50. The summed E-state index contributed by atoms with van der Waals surface area (Å²) in [7, 11) is 0. The molecule has 0 bridgehead atoms. The molecule has 4 nitrogen and oxygen atoms in total. The lowest BCUT2D eigenvalue weighted by Gasteiger charge is -1.62. The van der Waals surface area contributed by atoms with Crippen molar-refractivity contribution in [2.45, 2.75) is 0 Å². The molecule has 4 heteroatoms. The fourth-order valence-corrected chi connectivity index (χ4v) is 0.0471. The molecule has 0 fully saturated rings. The van der Waals surface area contributed by atoms with E-state index in [1.165, 1.54) is 0 Å². The molecule has 0 atom stereocenters. The summed E-state index contributed by atoms with van der Waals surface area (Å²) in [5.41, 5.74) is 0. The summed E-state index contributed by atoms with van der Waals surface area (Å²) in [6.07, 6.45) is 0.278. The zero-order chi connectivity index (χ0) is 4.99. The molecule has 0 aromatic carbocycles. The maximum absolute atomic E-state index is 9.18. The van der Waals surface area contributed by atoms with Gasteiger partial charge in [0.1, 0.15) is 0 Å². The molecule has 0 rings (SSSR count). The first kappa shape index (κ1) is 4.94. The lowest BCUT2D eigenvalue weighted by Crippen LogP contribution is -1.90. The van der Waals surface area contributed by atoms with Gasteiger partial charge in [-0.25, -0.2) is 9.90 Å². The van der Waals surface area contributed by atoms with Gasteiger partial charge >= 0.3 is 5.97 Å². The van der Waals surface area contributed by atoms with E-state index >= 15 is 0 Å². The van der Waals surface area contributed by atoms with Crippen molar-refractivity contribution in [3.05, 3.63) is 0 Å². The highest BCUT2D eigenvalue weighted by atomic mass is 16.4. The van der Waals surface area contributed by atoms with Crippen molar-refractivity contribution in [1.29, 1.82) is 0 Å². The molecule has 33 valence electrons. The van der Waals surface area contributed by atoms with Gasteiger partial charge in [-0.05, 0) is 0 Å². The highest BCUT2D eigenvalue weighted by Gasteiger charge is 1.85. The van der Waals surface area contributed by atoms with E-state index in [9.17, 15) is 9.90 Å². The quantitative estimate of drug-likeness (QED) is 0.264. The SMILES string of the molecule is [O]C(=O)C=NO. The van der Waals surface area contributed by atoms with Crippen molar-refractivity contribution in [2.24, 2.45) is 5.16 Å². The molecular formula is C2H2NO3. The molecule has 1 radical (unpaired) electrons. The summed E-state index contributed by atoms with van der Waals surface area (Å²) in [6, 6.07) is 0. The van der Waals surface area contributed by atoms with Crippen molar-refractivity contribution in [2.75, 3.05) is 0 Å². The van der Waals surface area contributed by atoms with Gasteiger partial charge in [-0.2, -0.15) is 0 Å². The van der Waals surface area contributed by atoms with Crippen LogP contribution in [0, 0.1) is 0 Å². The van der Waals surface area contributed by atoms with E-state index in [1.54, 1.807) is 0 Å². The first-order chi connectivity index (χ1) is 2.77. The van der Waals surface area contributed by atoms with Crippen LogP contribution >= 0.6 is 0 Å². The molecule has 0 spiro atoms. The molecule has 0 saturated heterocycles. The topological polar surface area (TPSA) is 69.6 Å². The lowest BCUT2D eigenvalue weighted by atomic mass is 10.8. The molecule has 0 saturated carbocycles. The maximum atomic E-state index is 9.18. The molecular weight excluding hydrogens is 86.0 g/mol. The van der Waals surface area contributed by atoms with Crippen molar-refractivity contribution in [3.8, 4) is 0 Å². The molecule has 0 heterocycles. The molecule has 0 aliphatic rings. The molecule has 0 unspecified atom stereocenters. The second kappa shape index (κ2) is 2.19. The Kier molecular flexibility index (Phi) is 1.81. The number of oxime groups is 1. The van der Waals surface area contributed by atoms with Crippen LogP contribution in [0.1, 0.15) is 0 Å². The van der Waals surface area contributed by atoms with Crippen LogP contribution in [0.3, 0.4) is 0 Å². The van der Waals surface area contributed by atoms with E-state index in [0.717, 1.165) is 0 Å². The van der Waals surface area contributed by atoms with Crippen LogP contribution in [0.5, 0.6) is 0 Å². The summed E-state index contributed by atoms with van der Waals surface area (Å²) in [5, 5.41) is 18.7. The fraction of sp³-hybridized carbons (Fsp3) is 0. The van der Waals surface area contributed by atoms with Gasteiger partial charge in [-0.15, -0.1) is 0 Å². The van der Waals surface area contributed by atoms with E-state index < -0.39 is 5.97 Å².